The summed E-state index contributed by atoms with van der Waals surface area (Å²) in [6, 6.07) is 0. The van der Waals surface area contributed by atoms with Gasteiger partial charge in [0, 0.05) is 5.38 Å². The number of aliphatic hydroxyl groups is 1. The number of nitrogen functional groups attached to an aromatic ring is 1. The van der Waals surface area contributed by atoms with E-state index in [1.807, 2.05) is 5.38 Å². The largest absolute Gasteiger partial charge is 0.490 e. The summed E-state index contributed by atoms with van der Waals surface area (Å²) in [5, 5.41) is 16.0. The van der Waals surface area contributed by atoms with Crippen LogP contribution in [-0.4, -0.2) is 63.8 Å². The maximum absolute atomic E-state index is 12.1. The molecule has 2 rings (SSSR count). The van der Waals surface area contributed by atoms with E-state index < -0.39 is 59.7 Å². The van der Waals surface area contributed by atoms with Crippen LogP contribution >= 0.6 is 35.1 Å². The standard InChI is InChI=1S/C10H15ClN5O13P3/c11-2-1-10(13)7(17)5(27-8(10)16-9(18)15-6(12)3-14-16)4-26-31(22,23)29-32(24,25)28-30(19,20)21/h3,5,7-8,17H,4,13H2,(H,22,23)(H,24,25)(H2,12,15,18)(H2,19,20,21)/t5-,7+,8-,10?/m1/s1. The van der Waals surface area contributed by atoms with Crippen LogP contribution < -0.4 is 17.2 Å². The Balaban J connectivity index is 2.23. The quantitative estimate of drug-likeness (QED) is 0.135. The van der Waals surface area contributed by atoms with E-state index >= 15 is 0 Å². The summed E-state index contributed by atoms with van der Waals surface area (Å²) in [6.07, 6.45) is -4.22. The number of hydrogen-bond donors (Lipinski definition) is 7. The van der Waals surface area contributed by atoms with Crippen molar-refractivity contribution in [1.29, 1.82) is 0 Å². The Morgan fingerprint density at radius 2 is 1.88 bits per heavy atom. The zero-order chi connectivity index (χ0) is 24.5. The number of nitrogens with zero attached hydrogens (tertiary/aromatic N) is 3. The number of phosphoric ester groups is 1. The number of aromatic nitrogens is 3. The highest BCUT2D eigenvalue weighted by Gasteiger charge is 2.56. The van der Waals surface area contributed by atoms with Gasteiger partial charge < -0.3 is 40.9 Å². The fraction of sp³-hybridized carbons (Fsp3) is 0.500. The molecule has 22 heteroatoms. The fourth-order valence-electron chi connectivity index (χ4n) is 2.41. The Bertz CT molecular complexity index is 1130. The van der Waals surface area contributed by atoms with Crippen LogP contribution in [0.1, 0.15) is 6.23 Å². The zero-order valence-electron chi connectivity index (χ0n) is 15.2. The lowest BCUT2D eigenvalue weighted by atomic mass is 9.92. The second-order valence-corrected chi connectivity index (χ2v) is 10.5. The van der Waals surface area contributed by atoms with Crippen LogP contribution in [0, 0.1) is 11.3 Å². The van der Waals surface area contributed by atoms with Crippen molar-refractivity contribution in [3.63, 3.8) is 0 Å². The lowest BCUT2D eigenvalue weighted by Gasteiger charge is -2.26. The minimum atomic E-state index is -5.76. The molecule has 2 heterocycles. The Labute approximate surface area is 182 Å². The van der Waals surface area contributed by atoms with Crippen molar-refractivity contribution in [2.45, 2.75) is 24.0 Å². The molecular weight excluding hydrogens is 527 g/mol. The Morgan fingerprint density at radius 1 is 1.25 bits per heavy atom. The Hall–Kier alpha value is -1.25. The first-order valence-corrected chi connectivity index (χ1v) is 12.6. The van der Waals surface area contributed by atoms with Gasteiger partial charge >= 0.3 is 29.2 Å². The average molecular weight is 542 g/mol. The minimum Gasteiger partial charge on any atom is -0.387 e. The number of anilines is 1. The van der Waals surface area contributed by atoms with Crippen LogP contribution in [0.5, 0.6) is 0 Å². The third kappa shape index (κ3) is 6.64. The predicted octanol–water partition coefficient (Wildman–Crippen LogP) is -2.28. The average Bonchev–Trinajstić information content (AvgIpc) is 2.82. The topological polar surface area (TPSA) is 289 Å². The second-order valence-electron chi connectivity index (χ2n) is 5.92. The molecule has 1 aromatic rings. The highest BCUT2D eigenvalue weighted by molar-refractivity contribution is 7.66. The molecule has 0 radical (unpaired) electrons. The van der Waals surface area contributed by atoms with Crippen molar-refractivity contribution >= 4 is 40.9 Å². The number of nitrogens with two attached hydrogens (primary N) is 2. The monoisotopic (exact) mass is 541 g/mol. The van der Waals surface area contributed by atoms with Gasteiger partial charge in [-0.15, -0.1) is 0 Å². The number of rotatable bonds is 8. The third-order valence-corrected chi connectivity index (χ3v) is 7.49. The molecule has 3 unspecified atom stereocenters. The van der Waals surface area contributed by atoms with Crippen molar-refractivity contribution in [3.8, 4) is 11.3 Å². The van der Waals surface area contributed by atoms with Crippen molar-refractivity contribution in [2.24, 2.45) is 5.73 Å². The first kappa shape index (κ1) is 27.0. The molecule has 1 aliphatic rings. The van der Waals surface area contributed by atoms with Gasteiger partial charge in [-0.2, -0.15) is 23.4 Å². The molecule has 9 N–H and O–H groups in total. The van der Waals surface area contributed by atoms with Crippen molar-refractivity contribution < 1.29 is 56.3 Å². The van der Waals surface area contributed by atoms with Gasteiger partial charge in [-0.3, -0.25) is 4.52 Å². The van der Waals surface area contributed by atoms with Crippen LogP contribution in [-0.2, 0) is 31.6 Å². The molecule has 0 amide bonds. The molecule has 1 aliphatic heterocycles. The van der Waals surface area contributed by atoms with E-state index in [0.29, 0.717) is 4.68 Å². The van der Waals surface area contributed by atoms with Gasteiger partial charge in [0.25, 0.3) is 0 Å². The third-order valence-electron chi connectivity index (χ3n) is 3.59. The number of hydrogen-bond acceptors (Lipinski definition) is 13. The zero-order valence-corrected chi connectivity index (χ0v) is 18.7. The first-order chi connectivity index (χ1) is 14.5. The molecular formula is C10H15ClN5O13P3. The fourth-order valence-corrected chi connectivity index (χ4v) is 5.60. The van der Waals surface area contributed by atoms with E-state index in [1.54, 1.807) is 0 Å². The summed E-state index contributed by atoms with van der Waals surface area (Å²) in [4.78, 5) is 51.1. The normalized spacial score (nSPS) is 29.5. The van der Waals surface area contributed by atoms with Crippen molar-refractivity contribution in [1.82, 2.24) is 14.8 Å². The highest BCUT2D eigenvalue weighted by atomic mass is 35.5. The predicted molar refractivity (Wildman–Crippen MR) is 101 cm³/mol. The summed E-state index contributed by atoms with van der Waals surface area (Å²) in [6.45, 7) is -1.08. The van der Waals surface area contributed by atoms with Crippen LogP contribution in [0.4, 0.5) is 5.82 Å². The number of halogens is 1. The molecule has 6 atom stereocenters. The molecule has 0 spiro atoms. The number of ether oxygens (including phenoxy) is 1. The molecule has 0 aliphatic carbocycles. The molecule has 1 fully saturated rings. The van der Waals surface area contributed by atoms with E-state index in [0.717, 1.165) is 6.20 Å². The van der Waals surface area contributed by atoms with Gasteiger partial charge in [-0.25, -0.2) is 18.5 Å². The minimum absolute atomic E-state index is 0.250. The molecule has 0 aromatic carbocycles. The van der Waals surface area contributed by atoms with Gasteiger partial charge in [0.1, 0.15) is 18.0 Å². The molecule has 32 heavy (non-hydrogen) atoms. The summed E-state index contributed by atoms with van der Waals surface area (Å²) < 4.78 is 51.2. The molecule has 0 saturated carbocycles. The van der Waals surface area contributed by atoms with Crippen LogP contribution in [0.25, 0.3) is 0 Å². The molecule has 1 aromatic heterocycles. The van der Waals surface area contributed by atoms with Gasteiger partial charge in [-0.1, -0.05) is 5.92 Å². The van der Waals surface area contributed by atoms with Crippen LogP contribution in [0.15, 0.2) is 11.0 Å². The molecule has 180 valence electrons. The van der Waals surface area contributed by atoms with Gasteiger partial charge in [0.05, 0.1) is 12.8 Å². The number of phosphoric acid groups is 3. The summed E-state index contributed by atoms with van der Waals surface area (Å²) in [5.41, 5.74) is 8.13. The van der Waals surface area contributed by atoms with Gasteiger partial charge in [-0.05, 0) is 11.6 Å². The molecule has 18 nitrogen and oxygen atoms in total. The maximum Gasteiger partial charge on any atom is 0.490 e. The van der Waals surface area contributed by atoms with Crippen LogP contribution in [0.2, 0.25) is 0 Å². The first-order valence-electron chi connectivity index (χ1n) is 7.74. The summed E-state index contributed by atoms with van der Waals surface area (Å²) in [5.74, 6) is 1.95. The van der Waals surface area contributed by atoms with Crippen molar-refractivity contribution in [2.75, 3.05) is 12.3 Å². The van der Waals surface area contributed by atoms with Crippen LogP contribution in [0.3, 0.4) is 0 Å². The summed E-state index contributed by atoms with van der Waals surface area (Å²) >= 11 is 5.35. The SMILES string of the molecule is Nc1cnn([C@@H]2O[C@H](COP(=O)(O)OP(=O)(O)OP(=O)(O)O)[C@H](O)C2(N)C#CCl)c(=O)n1. The lowest BCUT2D eigenvalue weighted by molar-refractivity contribution is -0.0519. The second kappa shape index (κ2) is 9.55. The maximum atomic E-state index is 12.1. The molecule has 1 saturated heterocycles. The smallest absolute Gasteiger partial charge is 0.387 e. The van der Waals surface area contributed by atoms with E-state index in [1.165, 1.54) is 0 Å². The van der Waals surface area contributed by atoms with E-state index in [2.05, 4.69) is 29.1 Å². The van der Waals surface area contributed by atoms with Gasteiger partial charge in [0.2, 0.25) is 0 Å². The highest BCUT2D eigenvalue weighted by Crippen LogP contribution is 2.66. The van der Waals surface area contributed by atoms with E-state index in [9.17, 15) is 28.5 Å². The van der Waals surface area contributed by atoms with E-state index in [4.69, 9.17) is 42.5 Å². The van der Waals surface area contributed by atoms with E-state index in [-0.39, 0.29) is 5.82 Å². The van der Waals surface area contributed by atoms with Crippen molar-refractivity contribution in [3.05, 3.63) is 16.7 Å². The number of aliphatic hydroxyl groups excluding tert-OH is 1. The molecule has 0 bridgehead atoms. The Kier molecular flexibility index (Phi) is 8.06. The van der Waals surface area contributed by atoms with Gasteiger partial charge in [0.15, 0.2) is 11.8 Å². The Morgan fingerprint density at radius 3 is 2.41 bits per heavy atom. The summed E-state index contributed by atoms with van der Waals surface area (Å²) in [7, 11) is -16.9. The lowest BCUT2D eigenvalue weighted by Crippen LogP contribution is -2.55.